The van der Waals surface area contributed by atoms with Crippen LogP contribution in [-0.2, 0) is 0 Å². The van der Waals surface area contributed by atoms with E-state index in [4.69, 9.17) is 4.74 Å². The number of benzene rings is 2. The predicted octanol–water partition coefficient (Wildman–Crippen LogP) is 2.78. The van der Waals surface area contributed by atoms with Crippen LogP contribution >= 0.6 is 0 Å². The minimum absolute atomic E-state index is 0.314. The Hall–Kier alpha value is -1.80. The van der Waals surface area contributed by atoms with Gasteiger partial charge in [-0.2, -0.15) is 0 Å². The third-order valence-corrected chi connectivity index (χ3v) is 2.89. The van der Waals surface area contributed by atoms with Crippen molar-refractivity contribution in [3.63, 3.8) is 0 Å². The van der Waals surface area contributed by atoms with Gasteiger partial charge in [0.2, 0.25) is 0 Å². The number of ether oxygens (including phenoxy) is 1. The molecule has 2 heteroatoms. The molecule has 2 aromatic carbocycles. The summed E-state index contributed by atoms with van der Waals surface area (Å²) < 4.78 is 5.59. The Kier molecular flexibility index (Phi) is 2.15. The molecule has 0 saturated heterocycles. The molecule has 0 amide bonds. The van der Waals surface area contributed by atoms with E-state index in [9.17, 15) is 5.11 Å². The molecular formula is C14H12O2. The average Bonchev–Trinajstić information content (AvgIpc) is 2.49. The number of para-hydroxylation sites is 1. The van der Waals surface area contributed by atoms with Crippen molar-refractivity contribution in [3.05, 3.63) is 54.1 Å². The largest absolute Gasteiger partial charge is 0.490 e. The Morgan fingerprint density at radius 3 is 2.50 bits per heavy atom. The molecule has 0 aromatic heterocycles. The fourth-order valence-electron chi connectivity index (χ4n) is 2.11. The molecule has 0 radical (unpaired) electrons. The highest BCUT2D eigenvalue weighted by Gasteiger charge is 2.20. The van der Waals surface area contributed by atoms with Gasteiger partial charge in [0.25, 0.3) is 0 Å². The van der Waals surface area contributed by atoms with E-state index in [0.717, 1.165) is 22.4 Å². The topological polar surface area (TPSA) is 29.5 Å². The van der Waals surface area contributed by atoms with Gasteiger partial charge in [-0.15, -0.1) is 0 Å². The summed E-state index contributed by atoms with van der Waals surface area (Å²) in [5.74, 6) is 0.839. The van der Waals surface area contributed by atoms with Crippen LogP contribution in [0.15, 0.2) is 48.5 Å². The van der Waals surface area contributed by atoms with E-state index in [1.165, 1.54) is 0 Å². The van der Waals surface area contributed by atoms with E-state index in [-0.39, 0.29) is 0 Å². The average molecular weight is 212 g/mol. The molecule has 2 aromatic rings. The zero-order chi connectivity index (χ0) is 11.0. The SMILES string of the molecule is O[C@@H]1COc2ccccc2-c2ccccc21. The van der Waals surface area contributed by atoms with Gasteiger partial charge < -0.3 is 9.84 Å². The molecule has 0 spiro atoms. The number of aliphatic hydroxyl groups is 1. The third kappa shape index (κ3) is 1.39. The highest BCUT2D eigenvalue weighted by molar-refractivity contribution is 5.74. The standard InChI is InChI=1S/C14H12O2/c15-13-9-16-14-8-4-3-7-12(14)10-5-1-2-6-11(10)13/h1-8,13,15H,9H2/t13-/m1/s1. The van der Waals surface area contributed by atoms with Crippen molar-refractivity contribution in [2.75, 3.05) is 6.61 Å². The van der Waals surface area contributed by atoms with Gasteiger partial charge in [-0.3, -0.25) is 0 Å². The van der Waals surface area contributed by atoms with Crippen LogP contribution < -0.4 is 4.74 Å². The van der Waals surface area contributed by atoms with Crippen LogP contribution in [0.1, 0.15) is 11.7 Å². The Bertz CT molecular complexity index is 520. The first-order chi connectivity index (χ1) is 7.86. The molecule has 0 fully saturated rings. The molecule has 3 rings (SSSR count). The molecule has 1 heterocycles. The lowest BCUT2D eigenvalue weighted by Gasteiger charge is -2.09. The molecule has 1 N–H and O–H groups in total. The fraction of sp³-hybridized carbons (Fsp3) is 0.143. The fourth-order valence-corrected chi connectivity index (χ4v) is 2.11. The number of fused-ring (bicyclic) bond motifs is 3. The first kappa shape index (κ1) is 9.43. The van der Waals surface area contributed by atoms with Crippen LogP contribution in [0.2, 0.25) is 0 Å². The molecular weight excluding hydrogens is 200 g/mol. The maximum Gasteiger partial charge on any atom is 0.127 e. The van der Waals surface area contributed by atoms with E-state index in [2.05, 4.69) is 0 Å². The quantitative estimate of drug-likeness (QED) is 0.727. The number of hydrogen-bond acceptors (Lipinski definition) is 2. The molecule has 2 nitrogen and oxygen atoms in total. The highest BCUT2D eigenvalue weighted by Crippen LogP contribution is 2.37. The van der Waals surface area contributed by atoms with Gasteiger partial charge in [-0.1, -0.05) is 42.5 Å². The van der Waals surface area contributed by atoms with E-state index in [1.807, 2.05) is 48.5 Å². The zero-order valence-electron chi connectivity index (χ0n) is 8.76. The Labute approximate surface area is 94.1 Å². The van der Waals surface area contributed by atoms with Gasteiger partial charge in [0, 0.05) is 5.56 Å². The van der Waals surface area contributed by atoms with E-state index in [1.54, 1.807) is 0 Å². The van der Waals surface area contributed by atoms with Crippen LogP contribution in [0.25, 0.3) is 11.1 Å². The molecule has 0 saturated carbocycles. The molecule has 16 heavy (non-hydrogen) atoms. The van der Waals surface area contributed by atoms with E-state index >= 15 is 0 Å². The van der Waals surface area contributed by atoms with Crippen molar-refractivity contribution in [2.24, 2.45) is 0 Å². The number of hydrogen-bond donors (Lipinski definition) is 1. The lowest BCUT2D eigenvalue weighted by Crippen LogP contribution is -2.07. The molecule has 1 atom stereocenters. The maximum absolute atomic E-state index is 9.99. The summed E-state index contributed by atoms with van der Waals surface area (Å²) in [6.45, 7) is 0.314. The molecule has 1 aliphatic heterocycles. The normalized spacial score (nSPS) is 17.9. The van der Waals surface area contributed by atoms with Gasteiger partial charge in [0.15, 0.2) is 0 Å². The zero-order valence-corrected chi connectivity index (χ0v) is 8.76. The highest BCUT2D eigenvalue weighted by atomic mass is 16.5. The molecule has 0 bridgehead atoms. The lowest BCUT2D eigenvalue weighted by atomic mass is 9.97. The summed E-state index contributed by atoms with van der Waals surface area (Å²) in [4.78, 5) is 0. The van der Waals surface area contributed by atoms with Crippen molar-refractivity contribution >= 4 is 0 Å². The summed E-state index contributed by atoms with van der Waals surface area (Å²) >= 11 is 0. The second-order valence-electron chi connectivity index (χ2n) is 3.91. The summed E-state index contributed by atoms with van der Waals surface area (Å²) in [5, 5.41) is 9.99. The van der Waals surface area contributed by atoms with E-state index in [0.29, 0.717) is 6.61 Å². The Morgan fingerprint density at radius 1 is 0.938 bits per heavy atom. The maximum atomic E-state index is 9.99. The van der Waals surface area contributed by atoms with Crippen molar-refractivity contribution in [1.82, 2.24) is 0 Å². The van der Waals surface area contributed by atoms with Crippen LogP contribution in [0.4, 0.5) is 0 Å². The first-order valence-corrected chi connectivity index (χ1v) is 5.35. The third-order valence-electron chi connectivity index (χ3n) is 2.89. The minimum Gasteiger partial charge on any atom is -0.490 e. The Balaban J connectivity index is 2.28. The van der Waals surface area contributed by atoms with Gasteiger partial charge in [0.1, 0.15) is 18.5 Å². The smallest absolute Gasteiger partial charge is 0.127 e. The lowest BCUT2D eigenvalue weighted by molar-refractivity contribution is 0.111. The van der Waals surface area contributed by atoms with Crippen LogP contribution in [0.3, 0.4) is 0 Å². The summed E-state index contributed by atoms with van der Waals surface area (Å²) in [7, 11) is 0. The molecule has 0 aliphatic carbocycles. The predicted molar refractivity (Wildman–Crippen MR) is 62.3 cm³/mol. The van der Waals surface area contributed by atoms with Crippen molar-refractivity contribution < 1.29 is 9.84 Å². The second-order valence-corrected chi connectivity index (χ2v) is 3.91. The van der Waals surface area contributed by atoms with Crippen LogP contribution in [0, 0.1) is 0 Å². The monoisotopic (exact) mass is 212 g/mol. The molecule has 80 valence electrons. The van der Waals surface area contributed by atoms with Crippen molar-refractivity contribution in [1.29, 1.82) is 0 Å². The summed E-state index contributed by atoms with van der Waals surface area (Å²) in [6.07, 6.45) is -0.552. The van der Waals surface area contributed by atoms with Crippen LogP contribution in [-0.4, -0.2) is 11.7 Å². The first-order valence-electron chi connectivity index (χ1n) is 5.35. The number of rotatable bonds is 0. The molecule has 0 unspecified atom stereocenters. The number of aliphatic hydroxyl groups excluding tert-OH is 1. The minimum atomic E-state index is -0.552. The van der Waals surface area contributed by atoms with Gasteiger partial charge >= 0.3 is 0 Å². The van der Waals surface area contributed by atoms with Crippen molar-refractivity contribution in [3.8, 4) is 16.9 Å². The molecule has 1 aliphatic rings. The van der Waals surface area contributed by atoms with Gasteiger partial charge in [-0.05, 0) is 17.2 Å². The van der Waals surface area contributed by atoms with Gasteiger partial charge in [0.05, 0.1) is 0 Å². The van der Waals surface area contributed by atoms with Crippen LogP contribution in [0.5, 0.6) is 5.75 Å². The summed E-state index contributed by atoms with van der Waals surface area (Å²) in [6, 6.07) is 15.8. The summed E-state index contributed by atoms with van der Waals surface area (Å²) in [5.41, 5.74) is 3.05. The second kappa shape index (κ2) is 3.65. The van der Waals surface area contributed by atoms with Crippen molar-refractivity contribution in [2.45, 2.75) is 6.10 Å². The van der Waals surface area contributed by atoms with Gasteiger partial charge in [-0.25, -0.2) is 0 Å². The van der Waals surface area contributed by atoms with E-state index < -0.39 is 6.10 Å². The Morgan fingerprint density at radius 2 is 1.62 bits per heavy atom.